The van der Waals surface area contributed by atoms with Gasteiger partial charge in [0.2, 0.25) is 0 Å². The molecule has 4 rings (SSSR count). The monoisotopic (exact) mass is 358 g/mol. The largest absolute Gasteiger partial charge is 0.417 e. The van der Waals surface area contributed by atoms with Crippen LogP contribution in [0.5, 0.6) is 0 Å². The third kappa shape index (κ3) is 2.80. The number of benzene rings is 2. The van der Waals surface area contributed by atoms with E-state index in [1.807, 2.05) is 30.3 Å². The molecule has 6 heteroatoms. The van der Waals surface area contributed by atoms with Gasteiger partial charge in [-0.2, -0.15) is 13.2 Å². The summed E-state index contributed by atoms with van der Waals surface area (Å²) in [6, 6.07) is 14.1. The van der Waals surface area contributed by atoms with Crippen molar-refractivity contribution >= 4 is 16.6 Å². The molecule has 0 radical (unpaired) electrons. The summed E-state index contributed by atoms with van der Waals surface area (Å²) in [5.41, 5.74) is 0.442. The lowest BCUT2D eigenvalue weighted by Crippen LogP contribution is -2.54. The maximum absolute atomic E-state index is 13.7. The van der Waals surface area contributed by atoms with E-state index in [0.717, 1.165) is 10.9 Å². The van der Waals surface area contributed by atoms with Crippen LogP contribution in [0.25, 0.3) is 10.9 Å². The Kier molecular flexibility index (Phi) is 3.88. The lowest BCUT2D eigenvalue weighted by atomic mass is 9.82. The molecule has 3 aromatic rings. The number of rotatable bonds is 3. The molecule has 0 unspecified atom stereocenters. The Bertz CT molecular complexity index is 965. The molecule has 3 nitrogen and oxygen atoms in total. The number of aromatic nitrogens is 1. The maximum Gasteiger partial charge on any atom is 0.417 e. The quantitative estimate of drug-likeness (QED) is 0.723. The second-order valence-electron chi connectivity index (χ2n) is 6.61. The molecule has 1 N–H and O–H groups in total. The first-order valence-electron chi connectivity index (χ1n) is 8.27. The summed E-state index contributed by atoms with van der Waals surface area (Å²) in [6.45, 7) is 1.85. The highest BCUT2D eigenvalue weighted by Gasteiger charge is 2.47. The van der Waals surface area contributed by atoms with Gasteiger partial charge in [0.25, 0.3) is 0 Å². The molecule has 1 saturated heterocycles. The first-order valence-corrected chi connectivity index (χ1v) is 8.27. The van der Waals surface area contributed by atoms with E-state index in [2.05, 4.69) is 10.3 Å². The first-order chi connectivity index (χ1) is 12.4. The third-order valence-corrected chi connectivity index (χ3v) is 4.76. The van der Waals surface area contributed by atoms with Crippen molar-refractivity contribution in [2.75, 3.05) is 18.5 Å². The van der Waals surface area contributed by atoms with Crippen LogP contribution < -0.4 is 5.32 Å². The number of alkyl halides is 3. The molecular formula is C20H17F3N2O. The lowest BCUT2D eigenvalue weighted by molar-refractivity contribution is -0.141. The highest BCUT2D eigenvalue weighted by Crippen LogP contribution is 2.43. The number of aryl methyl sites for hydroxylation is 1. The fourth-order valence-corrected chi connectivity index (χ4v) is 3.46. The van der Waals surface area contributed by atoms with Crippen molar-refractivity contribution in [1.29, 1.82) is 0 Å². The van der Waals surface area contributed by atoms with Crippen LogP contribution in [-0.2, 0) is 16.5 Å². The standard InChI is InChI=1S/C20H17F3N2O/c1-13-4-2-6-16(18(13)20(21,22)23)19(11-26-12-19)25-15-8-7-14-5-3-9-24-17(14)10-15/h2-10,25H,11-12H2,1H3. The predicted octanol–water partition coefficient (Wildman–Crippen LogP) is 4.90. The fourth-order valence-electron chi connectivity index (χ4n) is 3.46. The van der Waals surface area contributed by atoms with E-state index in [1.54, 1.807) is 12.3 Å². The zero-order valence-corrected chi connectivity index (χ0v) is 14.1. The average molecular weight is 358 g/mol. The Labute approximate surface area is 148 Å². The summed E-state index contributed by atoms with van der Waals surface area (Å²) >= 11 is 0. The molecule has 1 fully saturated rings. The Morgan fingerprint density at radius 2 is 1.88 bits per heavy atom. The minimum Gasteiger partial charge on any atom is -0.376 e. The minimum atomic E-state index is -4.42. The van der Waals surface area contributed by atoms with Gasteiger partial charge in [-0.15, -0.1) is 0 Å². The minimum absolute atomic E-state index is 0.180. The summed E-state index contributed by atoms with van der Waals surface area (Å²) in [5.74, 6) is 0. The Hall–Kier alpha value is -2.60. The van der Waals surface area contributed by atoms with Crippen LogP contribution >= 0.6 is 0 Å². The van der Waals surface area contributed by atoms with Crippen LogP contribution in [0.2, 0.25) is 0 Å². The number of hydrogen-bond acceptors (Lipinski definition) is 3. The van der Waals surface area contributed by atoms with E-state index >= 15 is 0 Å². The van der Waals surface area contributed by atoms with Crippen LogP contribution in [0.15, 0.2) is 54.7 Å². The van der Waals surface area contributed by atoms with Gasteiger partial charge in [0.15, 0.2) is 0 Å². The number of nitrogens with one attached hydrogen (secondary N) is 1. The van der Waals surface area contributed by atoms with Crippen LogP contribution in [-0.4, -0.2) is 18.2 Å². The van der Waals surface area contributed by atoms with E-state index < -0.39 is 17.3 Å². The zero-order chi connectivity index (χ0) is 18.4. The second kappa shape index (κ2) is 5.99. The van der Waals surface area contributed by atoms with Crippen LogP contribution in [0, 0.1) is 6.92 Å². The van der Waals surface area contributed by atoms with Gasteiger partial charge in [-0.1, -0.05) is 30.3 Å². The molecule has 2 heterocycles. The van der Waals surface area contributed by atoms with Gasteiger partial charge >= 0.3 is 6.18 Å². The van der Waals surface area contributed by atoms with Crippen molar-refractivity contribution in [3.63, 3.8) is 0 Å². The van der Waals surface area contributed by atoms with E-state index in [1.165, 1.54) is 19.1 Å². The van der Waals surface area contributed by atoms with Crippen molar-refractivity contribution in [2.45, 2.75) is 18.6 Å². The lowest BCUT2D eigenvalue weighted by Gasteiger charge is -2.44. The van der Waals surface area contributed by atoms with Gasteiger partial charge in [-0.05, 0) is 36.2 Å². The number of pyridine rings is 1. The van der Waals surface area contributed by atoms with Gasteiger partial charge in [0.1, 0.15) is 5.54 Å². The molecule has 2 aromatic carbocycles. The van der Waals surface area contributed by atoms with Crippen molar-refractivity contribution in [2.24, 2.45) is 0 Å². The van der Waals surface area contributed by atoms with Gasteiger partial charge in [-0.3, -0.25) is 4.98 Å². The van der Waals surface area contributed by atoms with E-state index in [0.29, 0.717) is 5.69 Å². The predicted molar refractivity (Wildman–Crippen MR) is 94.0 cm³/mol. The zero-order valence-electron chi connectivity index (χ0n) is 14.1. The normalized spacial score (nSPS) is 16.3. The Morgan fingerprint density at radius 1 is 1.08 bits per heavy atom. The molecule has 0 amide bonds. The number of hydrogen-bond donors (Lipinski definition) is 1. The molecule has 1 aliphatic heterocycles. The smallest absolute Gasteiger partial charge is 0.376 e. The first kappa shape index (κ1) is 16.8. The average Bonchev–Trinajstić information content (AvgIpc) is 2.56. The van der Waals surface area contributed by atoms with Crippen molar-refractivity contribution in [1.82, 2.24) is 4.98 Å². The van der Waals surface area contributed by atoms with Gasteiger partial charge in [0, 0.05) is 17.3 Å². The molecule has 0 atom stereocenters. The van der Waals surface area contributed by atoms with E-state index in [-0.39, 0.29) is 24.3 Å². The molecular weight excluding hydrogens is 341 g/mol. The topological polar surface area (TPSA) is 34.2 Å². The van der Waals surface area contributed by atoms with Crippen LogP contribution in [0.4, 0.5) is 18.9 Å². The van der Waals surface area contributed by atoms with Crippen LogP contribution in [0.3, 0.4) is 0 Å². The third-order valence-electron chi connectivity index (χ3n) is 4.76. The highest BCUT2D eigenvalue weighted by atomic mass is 19.4. The van der Waals surface area contributed by atoms with Gasteiger partial charge in [0.05, 0.1) is 24.3 Å². The maximum atomic E-state index is 13.7. The molecule has 1 aliphatic rings. The van der Waals surface area contributed by atoms with E-state index in [9.17, 15) is 13.2 Å². The molecule has 26 heavy (non-hydrogen) atoms. The van der Waals surface area contributed by atoms with Gasteiger partial charge < -0.3 is 10.1 Å². The number of anilines is 1. The van der Waals surface area contributed by atoms with Crippen molar-refractivity contribution in [3.8, 4) is 0 Å². The highest BCUT2D eigenvalue weighted by molar-refractivity contribution is 5.82. The fraction of sp³-hybridized carbons (Fsp3) is 0.250. The summed E-state index contributed by atoms with van der Waals surface area (Å²) in [5, 5.41) is 4.25. The van der Waals surface area contributed by atoms with Crippen LogP contribution in [0.1, 0.15) is 16.7 Å². The molecule has 0 saturated carbocycles. The summed E-state index contributed by atoms with van der Waals surface area (Å²) in [7, 11) is 0. The van der Waals surface area contributed by atoms with Crippen molar-refractivity contribution < 1.29 is 17.9 Å². The molecule has 0 aliphatic carbocycles. The van der Waals surface area contributed by atoms with Gasteiger partial charge in [-0.25, -0.2) is 0 Å². The SMILES string of the molecule is Cc1cccc(C2(Nc3ccc4cccnc4c3)COC2)c1C(F)(F)F. The molecule has 0 bridgehead atoms. The number of ether oxygens (including phenoxy) is 1. The summed E-state index contributed by atoms with van der Waals surface area (Å²) in [4.78, 5) is 4.31. The summed E-state index contributed by atoms with van der Waals surface area (Å²) < 4.78 is 46.3. The van der Waals surface area contributed by atoms with E-state index in [4.69, 9.17) is 4.74 Å². The Morgan fingerprint density at radius 3 is 2.58 bits per heavy atom. The number of halogens is 3. The number of fused-ring (bicyclic) bond motifs is 1. The van der Waals surface area contributed by atoms with Crippen molar-refractivity contribution in [3.05, 3.63) is 71.4 Å². The molecule has 1 aromatic heterocycles. The summed E-state index contributed by atoms with van der Waals surface area (Å²) in [6.07, 6.45) is -2.73. The molecule has 134 valence electrons. The molecule has 0 spiro atoms. The second-order valence-corrected chi connectivity index (χ2v) is 6.61. The number of nitrogens with zero attached hydrogens (tertiary/aromatic N) is 1. The Balaban J connectivity index is 1.78.